The molecule has 1 atom stereocenters. The monoisotopic (exact) mass is 369 g/mol. The molecule has 0 unspecified atom stereocenters. The normalized spacial score (nSPS) is 26.2. The molecule has 2 aromatic rings. The first kappa shape index (κ1) is 16.2. The second kappa shape index (κ2) is 6.05. The molecule has 2 saturated heterocycles. The van der Waals surface area contributed by atoms with E-state index in [4.69, 9.17) is 0 Å². The number of hydrogen-bond acceptors (Lipinski definition) is 4. The molecular weight excluding hydrogens is 346 g/mol. The van der Waals surface area contributed by atoms with Crippen LogP contribution in [0.4, 0.5) is 0 Å². The van der Waals surface area contributed by atoms with Gasteiger partial charge in [0.1, 0.15) is 0 Å². The molecule has 1 aromatic carbocycles. The molecule has 0 radical (unpaired) electrons. The molecule has 3 aliphatic rings. The van der Waals surface area contributed by atoms with Gasteiger partial charge in [0.15, 0.2) is 0 Å². The van der Waals surface area contributed by atoms with Crippen LogP contribution in [0.1, 0.15) is 42.5 Å². The van der Waals surface area contributed by atoms with Gasteiger partial charge in [0.25, 0.3) is 5.91 Å². The van der Waals surface area contributed by atoms with Crippen LogP contribution in [-0.2, 0) is 4.79 Å². The van der Waals surface area contributed by atoms with Crippen LogP contribution < -0.4 is 0 Å². The number of carbonyl (C=O) groups excluding carboxylic acids is 2. The summed E-state index contributed by atoms with van der Waals surface area (Å²) in [5, 5.41) is 0. The maximum atomic E-state index is 13.1. The Hall–Kier alpha value is -1.95. The summed E-state index contributed by atoms with van der Waals surface area (Å²) in [7, 11) is 0. The molecule has 26 heavy (non-hydrogen) atoms. The minimum absolute atomic E-state index is 0.0456. The van der Waals surface area contributed by atoms with Crippen molar-refractivity contribution in [1.82, 2.24) is 14.8 Å². The Balaban J connectivity index is 1.33. The summed E-state index contributed by atoms with van der Waals surface area (Å²) in [5.41, 5.74) is 3.11. The highest BCUT2D eigenvalue weighted by molar-refractivity contribution is 7.16. The van der Waals surface area contributed by atoms with Gasteiger partial charge < -0.3 is 9.80 Å². The van der Waals surface area contributed by atoms with Gasteiger partial charge in [-0.2, -0.15) is 0 Å². The number of carbonyl (C=O) groups is 2. The smallest absolute Gasteiger partial charge is 0.253 e. The average Bonchev–Trinajstić information content (AvgIpc) is 3.18. The number of fused-ring (bicyclic) bond motifs is 1. The second-order valence-electron chi connectivity index (χ2n) is 8.09. The van der Waals surface area contributed by atoms with Gasteiger partial charge in [0.2, 0.25) is 5.91 Å². The Bertz CT molecular complexity index is 875. The maximum Gasteiger partial charge on any atom is 0.253 e. The maximum absolute atomic E-state index is 13.1. The molecule has 1 aromatic heterocycles. The van der Waals surface area contributed by atoms with Crippen molar-refractivity contribution in [2.24, 2.45) is 11.3 Å². The largest absolute Gasteiger partial charge is 0.342 e. The summed E-state index contributed by atoms with van der Waals surface area (Å²) in [6.07, 6.45) is 5.32. The molecule has 1 aliphatic carbocycles. The van der Waals surface area contributed by atoms with Gasteiger partial charge in [-0.25, -0.2) is 4.98 Å². The van der Waals surface area contributed by atoms with Crippen molar-refractivity contribution >= 4 is 33.4 Å². The number of rotatable bonds is 3. The highest BCUT2D eigenvalue weighted by Crippen LogP contribution is 2.42. The Labute approximate surface area is 157 Å². The van der Waals surface area contributed by atoms with E-state index in [9.17, 15) is 9.59 Å². The third-order valence-electron chi connectivity index (χ3n) is 6.22. The van der Waals surface area contributed by atoms with Crippen LogP contribution in [0.25, 0.3) is 10.2 Å². The first-order valence-electron chi connectivity index (χ1n) is 9.57. The van der Waals surface area contributed by atoms with Crippen molar-refractivity contribution < 1.29 is 9.59 Å². The summed E-state index contributed by atoms with van der Waals surface area (Å²) in [5.74, 6) is 1.06. The molecule has 5 nitrogen and oxygen atoms in total. The number of benzene rings is 1. The molecule has 0 bridgehead atoms. The molecule has 3 heterocycles. The van der Waals surface area contributed by atoms with Crippen LogP contribution in [0.5, 0.6) is 0 Å². The van der Waals surface area contributed by atoms with E-state index in [-0.39, 0.29) is 11.3 Å². The molecule has 2 aliphatic heterocycles. The molecule has 5 rings (SSSR count). The molecule has 2 amide bonds. The van der Waals surface area contributed by atoms with Gasteiger partial charge in [-0.1, -0.05) is 0 Å². The molecule has 6 heteroatoms. The molecule has 136 valence electrons. The lowest BCUT2D eigenvalue weighted by molar-refractivity contribution is -0.145. The van der Waals surface area contributed by atoms with E-state index in [1.807, 2.05) is 23.1 Å². The Morgan fingerprint density at radius 2 is 2.15 bits per heavy atom. The number of aromatic nitrogens is 1. The fourth-order valence-corrected chi connectivity index (χ4v) is 5.25. The minimum atomic E-state index is -0.336. The van der Waals surface area contributed by atoms with Crippen molar-refractivity contribution in [2.75, 3.05) is 26.2 Å². The first-order chi connectivity index (χ1) is 12.6. The van der Waals surface area contributed by atoms with Crippen molar-refractivity contribution in [3.63, 3.8) is 0 Å². The molecule has 3 fully saturated rings. The second-order valence-corrected chi connectivity index (χ2v) is 8.98. The molecule has 1 saturated carbocycles. The predicted octanol–water partition coefficient (Wildman–Crippen LogP) is 3.16. The van der Waals surface area contributed by atoms with Crippen molar-refractivity contribution in [2.45, 2.75) is 32.1 Å². The topological polar surface area (TPSA) is 53.5 Å². The van der Waals surface area contributed by atoms with Crippen molar-refractivity contribution in [3.05, 3.63) is 29.3 Å². The highest BCUT2D eigenvalue weighted by atomic mass is 32.1. The van der Waals surface area contributed by atoms with E-state index in [0.717, 1.165) is 48.5 Å². The van der Waals surface area contributed by atoms with E-state index in [1.54, 1.807) is 16.8 Å². The number of piperidine rings is 1. The third-order valence-corrected chi connectivity index (χ3v) is 7.01. The number of hydrogen-bond donors (Lipinski definition) is 0. The average molecular weight is 369 g/mol. The third kappa shape index (κ3) is 2.71. The zero-order chi connectivity index (χ0) is 17.7. The van der Waals surface area contributed by atoms with E-state index < -0.39 is 0 Å². The van der Waals surface area contributed by atoms with E-state index in [1.165, 1.54) is 12.8 Å². The summed E-state index contributed by atoms with van der Waals surface area (Å²) in [4.78, 5) is 34.4. The zero-order valence-corrected chi connectivity index (χ0v) is 15.6. The van der Waals surface area contributed by atoms with Crippen LogP contribution in [-0.4, -0.2) is 52.8 Å². The highest BCUT2D eigenvalue weighted by Gasteiger charge is 2.50. The lowest BCUT2D eigenvalue weighted by Gasteiger charge is -2.39. The van der Waals surface area contributed by atoms with E-state index in [0.29, 0.717) is 24.6 Å². The number of thiazole rings is 1. The van der Waals surface area contributed by atoms with Crippen molar-refractivity contribution in [1.29, 1.82) is 0 Å². The van der Waals surface area contributed by atoms with Gasteiger partial charge in [-0.3, -0.25) is 9.59 Å². The van der Waals surface area contributed by atoms with Gasteiger partial charge in [0, 0.05) is 31.7 Å². The summed E-state index contributed by atoms with van der Waals surface area (Å²) < 4.78 is 1.04. The van der Waals surface area contributed by atoms with Gasteiger partial charge >= 0.3 is 0 Å². The van der Waals surface area contributed by atoms with Gasteiger partial charge in [-0.15, -0.1) is 11.3 Å². The lowest BCUT2D eigenvalue weighted by Crippen LogP contribution is -2.50. The molecule has 0 N–H and O–H groups in total. The van der Waals surface area contributed by atoms with Crippen LogP contribution in [0.3, 0.4) is 0 Å². The first-order valence-corrected chi connectivity index (χ1v) is 10.4. The Kier molecular flexibility index (Phi) is 3.78. The summed E-state index contributed by atoms with van der Waals surface area (Å²) in [6.45, 7) is 3.08. The summed E-state index contributed by atoms with van der Waals surface area (Å²) >= 11 is 1.55. The Morgan fingerprint density at radius 1 is 1.27 bits per heavy atom. The van der Waals surface area contributed by atoms with Gasteiger partial charge in [0.05, 0.1) is 21.1 Å². The van der Waals surface area contributed by atoms with E-state index >= 15 is 0 Å². The predicted molar refractivity (Wildman–Crippen MR) is 101 cm³/mol. The quantitative estimate of drug-likeness (QED) is 0.835. The Morgan fingerprint density at radius 3 is 3.00 bits per heavy atom. The molecular formula is C20H23N3O2S. The van der Waals surface area contributed by atoms with Crippen LogP contribution >= 0.6 is 11.3 Å². The summed E-state index contributed by atoms with van der Waals surface area (Å²) in [6, 6.07) is 5.70. The number of amides is 2. The number of nitrogens with zero attached hydrogens (tertiary/aromatic N) is 3. The lowest BCUT2D eigenvalue weighted by atomic mass is 9.78. The van der Waals surface area contributed by atoms with Crippen LogP contribution in [0.15, 0.2) is 23.7 Å². The fourth-order valence-electron chi connectivity index (χ4n) is 4.53. The molecule has 1 spiro atoms. The van der Waals surface area contributed by atoms with Gasteiger partial charge in [-0.05, 0) is 56.2 Å². The van der Waals surface area contributed by atoms with Crippen LogP contribution in [0, 0.1) is 11.3 Å². The van der Waals surface area contributed by atoms with Crippen molar-refractivity contribution in [3.8, 4) is 0 Å². The fraction of sp³-hybridized carbons (Fsp3) is 0.550. The number of likely N-dealkylation sites (tertiary alicyclic amines) is 2. The standard InChI is InChI=1S/C20H23N3O2S/c24-18(15-4-5-16-17(10-15)26-13-21-16)23-9-7-20(12-23)6-1-8-22(19(20)25)11-14-2-3-14/h4-5,10,13-14H,1-3,6-9,11-12H2/t20-/m0/s1. The minimum Gasteiger partial charge on any atom is -0.342 e. The van der Waals surface area contributed by atoms with E-state index in [2.05, 4.69) is 9.88 Å². The SMILES string of the molecule is O=C(c1ccc2ncsc2c1)N1CC[C@@]2(CCCN(CC3CC3)C2=O)C1. The zero-order valence-electron chi connectivity index (χ0n) is 14.8. The van der Waals surface area contributed by atoms with Crippen LogP contribution in [0.2, 0.25) is 0 Å².